The molecular formula is C43H104N14O12. The summed E-state index contributed by atoms with van der Waals surface area (Å²) in [5.41, 5.74) is 74.9. The second-order valence-corrected chi connectivity index (χ2v) is 17.0. The molecule has 418 valence electrons. The monoisotopic (exact) mass is 1010 g/mol. The van der Waals surface area contributed by atoms with Gasteiger partial charge in [0.2, 0.25) is 0 Å². The van der Waals surface area contributed by atoms with Crippen molar-refractivity contribution in [3.05, 3.63) is 0 Å². The number of nitrogens with two attached hydrogens (primary N) is 14. The third-order valence-corrected chi connectivity index (χ3v) is 11.0. The highest BCUT2D eigenvalue weighted by Gasteiger charge is 2.36. The van der Waals surface area contributed by atoms with Crippen LogP contribution in [0.15, 0.2) is 0 Å². The molecule has 0 spiro atoms. The number of hydrogen-bond donors (Lipinski definition) is 16. The lowest BCUT2D eigenvalue weighted by Crippen LogP contribution is -2.38. The van der Waals surface area contributed by atoms with Gasteiger partial charge in [-0.1, -0.05) is 41.0 Å². The van der Waals surface area contributed by atoms with E-state index in [1.54, 1.807) is 0 Å². The molecule has 0 aliphatic carbocycles. The van der Waals surface area contributed by atoms with Gasteiger partial charge < -0.3 is 138 Å². The summed E-state index contributed by atoms with van der Waals surface area (Å²) in [6.07, 6.45) is 1.57. The topological polar surface area (TPSA) is 497 Å². The van der Waals surface area contributed by atoms with Crippen LogP contribution in [0.5, 0.6) is 0 Å². The van der Waals surface area contributed by atoms with Crippen molar-refractivity contribution in [2.45, 2.75) is 166 Å². The fraction of sp³-hybridized carbons (Fsp3) is 1.00. The summed E-state index contributed by atoms with van der Waals surface area (Å²) in [6, 6.07) is 0. The van der Waals surface area contributed by atoms with Crippen LogP contribution in [0.3, 0.4) is 0 Å². The molecule has 13 unspecified atom stereocenters. The minimum Gasteiger partial charge on any atom is -0.389 e. The number of aliphatic hydroxyl groups excluding tert-OH is 2. The van der Waals surface area contributed by atoms with Gasteiger partial charge in [-0.15, -0.1) is 0 Å². The van der Waals surface area contributed by atoms with E-state index in [1.165, 1.54) is 0 Å². The summed E-state index contributed by atoms with van der Waals surface area (Å²) in [6.45, 7) is 19.0. The third kappa shape index (κ3) is 28.9. The third-order valence-electron chi connectivity index (χ3n) is 11.0. The van der Waals surface area contributed by atoms with Crippen LogP contribution in [-0.4, -0.2) is 207 Å². The van der Waals surface area contributed by atoms with Crippen LogP contribution < -0.4 is 80.3 Å². The molecule has 0 radical (unpaired) electrons. The van der Waals surface area contributed by atoms with Gasteiger partial charge in [-0.05, 0) is 45.2 Å². The van der Waals surface area contributed by atoms with Crippen LogP contribution in [-0.2, 0) is 47.4 Å². The molecule has 30 N–H and O–H groups in total. The maximum absolute atomic E-state index is 8.67. The van der Waals surface area contributed by atoms with E-state index < -0.39 is 12.2 Å². The van der Waals surface area contributed by atoms with Crippen molar-refractivity contribution in [3.8, 4) is 0 Å². The Morgan fingerprint density at radius 1 is 0.435 bits per heavy atom. The maximum Gasteiger partial charge on any atom is 0.160 e. The van der Waals surface area contributed by atoms with Crippen LogP contribution in [0.1, 0.15) is 67.2 Å². The molecule has 26 heteroatoms. The average Bonchev–Trinajstić information content (AvgIpc) is 4.24. The van der Waals surface area contributed by atoms with Crippen LogP contribution in [0.4, 0.5) is 0 Å². The smallest absolute Gasteiger partial charge is 0.160 e. The Balaban J connectivity index is 0. The van der Waals surface area contributed by atoms with Crippen molar-refractivity contribution in [2.24, 2.45) is 92.1 Å². The second kappa shape index (κ2) is 43.4. The Bertz CT molecular complexity index is 1080. The normalized spacial score (nSPS) is 32.6. The van der Waals surface area contributed by atoms with E-state index in [4.69, 9.17) is 138 Å². The van der Waals surface area contributed by atoms with Gasteiger partial charge >= 0.3 is 0 Å². The predicted molar refractivity (Wildman–Crippen MR) is 267 cm³/mol. The highest BCUT2D eigenvalue weighted by Crippen LogP contribution is 2.24. The molecule has 0 aromatic heterocycles. The summed E-state index contributed by atoms with van der Waals surface area (Å²) in [5.74, 6) is 0.959. The zero-order valence-corrected chi connectivity index (χ0v) is 42.9. The number of rotatable bonds is 20. The van der Waals surface area contributed by atoms with E-state index in [2.05, 4.69) is 27.7 Å². The van der Waals surface area contributed by atoms with E-state index in [0.29, 0.717) is 84.1 Å². The molecule has 0 saturated carbocycles. The molecule has 0 bridgehead atoms. The first-order valence-electron chi connectivity index (χ1n) is 24.6. The lowest BCUT2D eigenvalue weighted by atomic mass is 10.1. The molecule has 0 amide bonds. The molecule has 5 saturated heterocycles. The molecule has 5 rings (SSSR count). The van der Waals surface area contributed by atoms with Gasteiger partial charge in [0, 0.05) is 84.5 Å². The maximum atomic E-state index is 8.67. The largest absolute Gasteiger partial charge is 0.389 e. The highest BCUT2D eigenvalue weighted by molar-refractivity contribution is 4.81. The summed E-state index contributed by atoms with van der Waals surface area (Å²) in [5, 5.41) is 17.3. The van der Waals surface area contributed by atoms with Gasteiger partial charge in [0.1, 0.15) is 67.8 Å². The number of ether oxygens (including phenoxy) is 10. The number of aliphatic hydroxyl groups is 2. The van der Waals surface area contributed by atoms with Crippen molar-refractivity contribution in [1.29, 1.82) is 0 Å². The van der Waals surface area contributed by atoms with E-state index in [1.807, 2.05) is 13.8 Å². The lowest BCUT2D eigenvalue weighted by molar-refractivity contribution is -0.0934. The summed E-state index contributed by atoms with van der Waals surface area (Å²) < 4.78 is 53.8. The zero-order chi connectivity index (χ0) is 52.9. The Kier molecular flexibility index (Phi) is 44.0. The Hall–Kier alpha value is -1.04. The summed E-state index contributed by atoms with van der Waals surface area (Å²) >= 11 is 0. The molecule has 13 atom stereocenters. The van der Waals surface area contributed by atoms with E-state index in [9.17, 15) is 0 Å². The zero-order valence-electron chi connectivity index (χ0n) is 42.9. The Morgan fingerprint density at radius 3 is 1.00 bits per heavy atom. The van der Waals surface area contributed by atoms with Gasteiger partial charge in [0.05, 0.1) is 12.2 Å². The quantitative estimate of drug-likeness (QED) is 0.0540. The van der Waals surface area contributed by atoms with Gasteiger partial charge in [0.15, 0.2) is 25.2 Å². The van der Waals surface area contributed by atoms with E-state index in [-0.39, 0.29) is 99.3 Å². The minimum absolute atomic E-state index is 0.00782. The van der Waals surface area contributed by atoms with Crippen LogP contribution in [0.25, 0.3) is 0 Å². The Labute approximate surface area is 413 Å². The fourth-order valence-electron chi connectivity index (χ4n) is 6.57. The standard InChI is InChI=1S/2C8H18N2O2.C7H16N2O2.C6H14N2O2.C5H12N2O2.C5H14N2.C4H12N2O2/c1-5(2)8-11-6(3-9)7(4-10)12-8;1-2-3-8-11-6(4-9)7(5-10)12-8;1-2-7-10-5(3-8)6(4-9)11-7;1-4-9-5(2-7)6(3-8)10-4;6-1-4-5(2-7)9-3-8-4;1-5(4-7)2-3-6;5-1-3(7)4(8)2-6/h5-8H,3-4,9-10H2,1-2H3;6-8H,2-5,9-10H2,1H3;5-7H,2-4,8-9H2,1H3;4-6H,2-3,7-8H2,1H3;4-5H,1-3,6-7H2;5H,2-4,6-7H2,1H3;3-4,7-8H,1-2,5-6H2. The molecule has 5 fully saturated rings. The van der Waals surface area contributed by atoms with Crippen molar-refractivity contribution in [2.75, 3.05) is 98.4 Å². The van der Waals surface area contributed by atoms with Gasteiger partial charge in [0.25, 0.3) is 0 Å². The van der Waals surface area contributed by atoms with Crippen LogP contribution in [0.2, 0.25) is 0 Å². The fourth-order valence-corrected chi connectivity index (χ4v) is 6.57. The van der Waals surface area contributed by atoms with E-state index >= 15 is 0 Å². The average molecular weight is 1010 g/mol. The lowest BCUT2D eigenvalue weighted by Gasteiger charge is -2.13. The first-order valence-corrected chi connectivity index (χ1v) is 24.6. The first-order chi connectivity index (χ1) is 33.0. The molecule has 69 heavy (non-hydrogen) atoms. The second-order valence-electron chi connectivity index (χ2n) is 17.0. The molecular weight excluding hydrogens is 905 g/mol. The van der Waals surface area contributed by atoms with Gasteiger partial charge in [-0.25, -0.2) is 0 Å². The molecule has 26 nitrogen and oxygen atoms in total. The molecule has 0 aromatic carbocycles. The minimum atomic E-state index is -0.875. The SMILES string of the molecule is CC(C)C1OC(CN)C(CN)O1.CC(CN)CCN.CC1OC(CN)C(CN)O1.CCC1OC(CN)C(CN)O1.CCCC1OC(CN)C(CN)O1.NCC(O)C(O)CN.NCC1OCOC1CN. The molecule has 5 heterocycles. The predicted octanol–water partition coefficient (Wildman–Crippen LogP) is -5.86. The first kappa shape index (κ1) is 70.0. The molecule has 5 aliphatic rings. The molecule has 0 aromatic rings. The Morgan fingerprint density at radius 2 is 0.754 bits per heavy atom. The van der Waals surface area contributed by atoms with Crippen molar-refractivity contribution < 1.29 is 57.6 Å². The van der Waals surface area contributed by atoms with E-state index in [0.717, 1.165) is 38.8 Å². The summed E-state index contributed by atoms with van der Waals surface area (Å²) in [7, 11) is 0. The van der Waals surface area contributed by atoms with Crippen molar-refractivity contribution in [3.63, 3.8) is 0 Å². The number of hydrogen-bond acceptors (Lipinski definition) is 26. The molecule has 5 aliphatic heterocycles. The summed E-state index contributed by atoms with van der Waals surface area (Å²) in [4.78, 5) is 0. The highest BCUT2D eigenvalue weighted by atomic mass is 16.7. The van der Waals surface area contributed by atoms with Crippen molar-refractivity contribution >= 4 is 0 Å². The van der Waals surface area contributed by atoms with Crippen LogP contribution >= 0.6 is 0 Å². The van der Waals surface area contributed by atoms with Crippen LogP contribution in [0, 0.1) is 11.8 Å². The van der Waals surface area contributed by atoms with Gasteiger partial charge in [-0.3, -0.25) is 0 Å². The van der Waals surface area contributed by atoms with Gasteiger partial charge in [-0.2, -0.15) is 0 Å². The van der Waals surface area contributed by atoms with Crippen molar-refractivity contribution in [1.82, 2.24) is 0 Å².